The quantitative estimate of drug-likeness (QED) is 0.610. The van der Waals surface area contributed by atoms with Gasteiger partial charge in [0.15, 0.2) is 0 Å². The van der Waals surface area contributed by atoms with Gasteiger partial charge in [-0.05, 0) is 43.7 Å². The second-order valence-electron chi connectivity index (χ2n) is 3.86. The summed E-state index contributed by atoms with van der Waals surface area (Å²) in [7, 11) is 3.77. The first-order chi connectivity index (χ1) is 7.58. The van der Waals surface area contributed by atoms with Crippen molar-refractivity contribution in [1.29, 1.82) is 0 Å². The first-order valence-electron chi connectivity index (χ1n) is 5.16. The van der Waals surface area contributed by atoms with Crippen LogP contribution in [0.5, 0.6) is 5.75 Å². The van der Waals surface area contributed by atoms with Crippen LogP contribution in [0, 0.1) is 6.92 Å². The number of ether oxygens (including phenoxy) is 1. The minimum atomic E-state index is 0.773. The molecule has 90 valence electrons. The maximum absolute atomic E-state index is 6.05. The lowest BCUT2D eigenvalue weighted by atomic mass is 10.1. The molecule has 1 aromatic rings. The first-order valence-corrected chi connectivity index (χ1v) is 6.66. The van der Waals surface area contributed by atoms with Crippen LogP contribution in [0.15, 0.2) is 12.1 Å². The van der Waals surface area contributed by atoms with Gasteiger partial charge in [0.25, 0.3) is 0 Å². The van der Waals surface area contributed by atoms with Gasteiger partial charge < -0.3 is 4.74 Å². The average molecular weight is 307 g/mol. The molecule has 0 aromatic heterocycles. The lowest BCUT2D eigenvalue weighted by Gasteiger charge is -2.16. The Bertz CT molecular complexity index is 357. The number of methoxy groups -OCH3 is 1. The number of hydrogen-bond acceptors (Lipinski definition) is 2. The van der Waals surface area contributed by atoms with Crippen molar-refractivity contribution in [2.75, 3.05) is 26.2 Å². The summed E-state index contributed by atoms with van der Waals surface area (Å²) in [4.78, 5) is 2.19. The van der Waals surface area contributed by atoms with Gasteiger partial charge in [-0.3, -0.25) is 4.90 Å². The minimum Gasteiger partial charge on any atom is -0.496 e. The van der Waals surface area contributed by atoms with Gasteiger partial charge >= 0.3 is 0 Å². The third-order valence-electron chi connectivity index (χ3n) is 2.49. The van der Waals surface area contributed by atoms with Crippen molar-refractivity contribution in [2.45, 2.75) is 13.3 Å². The van der Waals surface area contributed by atoms with E-state index in [0.29, 0.717) is 0 Å². The summed E-state index contributed by atoms with van der Waals surface area (Å²) in [6, 6.07) is 3.91. The van der Waals surface area contributed by atoms with Crippen LogP contribution in [0.1, 0.15) is 11.1 Å². The molecule has 0 fully saturated rings. The molecule has 0 saturated carbocycles. The summed E-state index contributed by atoms with van der Waals surface area (Å²) in [5.41, 5.74) is 3.13. The highest BCUT2D eigenvalue weighted by Crippen LogP contribution is 2.27. The molecule has 1 aromatic carbocycles. The lowest BCUT2D eigenvalue weighted by Crippen LogP contribution is -2.19. The highest BCUT2D eigenvalue weighted by atomic mass is 79.9. The summed E-state index contributed by atoms with van der Waals surface area (Å²) in [5, 5.41) is 0.773. The normalized spacial score (nSPS) is 10.9. The van der Waals surface area contributed by atoms with Crippen molar-refractivity contribution in [2.24, 2.45) is 0 Å². The Kier molecular flexibility index (Phi) is 5.59. The van der Waals surface area contributed by atoms with E-state index in [-0.39, 0.29) is 0 Å². The van der Waals surface area contributed by atoms with Gasteiger partial charge in [0.1, 0.15) is 5.75 Å². The fourth-order valence-corrected chi connectivity index (χ4v) is 2.19. The van der Waals surface area contributed by atoms with Crippen molar-refractivity contribution in [3.8, 4) is 5.75 Å². The van der Waals surface area contributed by atoms with E-state index in [1.807, 2.05) is 19.1 Å². The van der Waals surface area contributed by atoms with Crippen molar-refractivity contribution in [1.82, 2.24) is 4.90 Å². The molecule has 2 nitrogen and oxygen atoms in total. The Labute approximate surface area is 111 Å². The molecule has 0 aliphatic carbocycles. The van der Waals surface area contributed by atoms with Crippen LogP contribution in [-0.4, -0.2) is 31.1 Å². The van der Waals surface area contributed by atoms with Crippen LogP contribution >= 0.6 is 27.5 Å². The number of benzene rings is 1. The summed E-state index contributed by atoms with van der Waals surface area (Å²) < 4.78 is 5.41. The molecular weight excluding hydrogens is 289 g/mol. The summed E-state index contributed by atoms with van der Waals surface area (Å²) in [6.07, 6.45) is 0.937. The largest absolute Gasteiger partial charge is 0.496 e. The Morgan fingerprint density at radius 1 is 1.44 bits per heavy atom. The van der Waals surface area contributed by atoms with E-state index in [0.717, 1.165) is 34.8 Å². The predicted octanol–water partition coefficient (Wildman–Crippen LogP) is 3.48. The zero-order chi connectivity index (χ0) is 12.1. The highest BCUT2D eigenvalue weighted by molar-refractivity contribution is 9.09. The molecular formula is C12H17BrClNO. The van der Waals surface area contributed by atoms with Gasteiger partial charge in [-0.1, -0.05) is 27.5 Å². The Hall–Kier alpha value is -0.250. The lowest BCUT2D eigenvalue weighted by molar-refractivity contribution is 0.384. The molecule has 0 amide bonds. The first kappa shape index (κ1) is 13.8. The minimum absolute atomic E-state index is 0.773. The second kappa shape index (κ2) is 6.48. The number of likely N-dealkylation sites (N-methyl/N-ethyl adjacent to an activating group) is 1. The summed E-state index contributed by atoms with van der Waals surface area (Å²) >= 11 is 9.47. The van der Waals surface area contributed by atoms with E-state index in [2.05, 4.69) is 27.9 Å². The van der Waals surface area contributed by atoms with E-state index in [4.69, 9.17) is 16.3 Å². The fraction of sp³-hybridized carbons (Fsp3) is 0.500. The molecule has 0 heterocycles. The van der Waals surface area contributed by atoms with Crippen molar-refractivity contribution in [3.05, 3.63) is 28.3 Å². The van der Waals surface area contributed by atoms with E-state index >= 15 is 0 Å². The third kappa shape index (κ3) is 3.65. The van der Waals surface area contributed by atoms with E-state index in [1.165, 1.54) is 5.56 Å². The second-order valence-corrected chi connectivity index (χ2v) is 4.80. The van der Waals surface area contributed by atoms with Crippen molar-refractivity contribution < 1.29 is 4.74 Å². The van der Waals surface area contributed by atoms with Crippen LogP contribution in [0.4, 0.5) is 0 Å². The van der Waals surface area contributed by atoms with Crippen LogP contribution in [0.2, 0.25) is 5.02 Å². The molecule has 0 N–H and O–H groups in total. The third-order valence-corrected chi connectivity index (χ3v) is 3.56. The molecule has 0 spiro atoms. The van der Waals surface area contributed by atoms with E-state index < -0.39 is 0 Å². The molecule has 0 aliphatic heterocycles. The zero-order valence-corrected chi connectivity index (χ0v) is 12.2. The van der Waals surface area contributed by atoms with Crippen LogP contribution in [0.25, 0.3) is 0 Å². The molecule has 4 heteroatoms. The molecule has 0 aliphatic rings. The highest BCUT2D eigenvalue weighted by Gasteiger charge is 2.08. The van der Waals surface area contributed by atoms with Gasteiger partial charge in [0, 0.05) is 11.6 Å². The van der Waals surface area contributed by atoms with Crippen molar-refractivity contribution in [3.63, 3.8) is 0 Å². The molecule has 0 bridgehead atoms. The van der Waals surface area contributed by atoms with Gasteiger partial charge in [-0.25, -0.2) is 0 Å². The topological polar surface area (TPSA) is 12.5 Å². The van der Waals surface area contributed by atoms with Gasteiger partial charge in [0.2, 0.25) is 0 Å². The van der Waals surface area contributed by atoms with E-state index in [1.54, 1.807) is 7.11 Å². The smallest absolute Gasteiger partial charge is 0.125 e. The number of nitrogens with zero attached hydrogens (tertiary/aromatic N) is 1. The number of hydrogen-bond donors (Lipinski definition) is 0. The standard InChI is InChI=1S/C12H17BrClNO/c1-9-6-11(14)7-10(12(9)16-3)4-5-15(2)8-13/h6-7H,4-5,8H2,1-3H3. The molecule has 0 radical (unpaired) electrons. The molecule has 1 rings (SSSR count). The maximum atomic E-state index is 6.05. The average Bonchev–Trinajstić information content (AvgIpc) is 2.25. The molecule has 0 saturated heterocycles. The van der Waals surface area contributed by atoms with Crippen molar-refractivity contribution >= 4 is 27.5 Å². The van der Waals surface area contributed by atoms with E-state index in [9.17, 15) is 0 Å². The van der Waals surface area contributed by atoms with Crippen LogP contribution < -0.4 is 4.74 Å². The Morgan fingerprint density at radius 2 is 2.12 bits per heavy atom. The van der Waals surface area contributed by atoms with Crippen LogP contribution in [-0.2, 0) is 6.42 Å². The number of aryl methyl sites for hydroxylation is 1. The monoisotopic (exact) mass is 305 g/mol. The van der Waals surface area contributed by atoms with Gasteiger partial charge in [-0.2, -0.15) is 0 Å². The molecule has 0 unspecified atom stereocenters. The maximum Gasteiger partial charge on any atom is 0.125 e. The predicted molar refractivity (Wildman–Crippen MR) is 72.9 cm³/mol. The molecule has 0 atom stereocenters. The number of rotatable bonds is 5. The Morgan fingerprint density at radius 3 is 2.69 bits per heavy atom. The SMILES string of the molecule is COc1c(C)cc(Cl)cc1CCN(C)CBr. The number of halogens is 2. The van der Waals surface area contributed by atoms with Gasteiger partial charge in [0.05, 0.1) is 12.6 Å². The number of alkyl halides is 1. The van der Waals surface area contributed by atoms with Crippen LogP contribution in [0.3, 0.4) is 0 Å². The zero-order valence-electron chi connectivity index (χ0n) is 9.89. The van der Waals surface area contributed by atoms with Gasteiger partial charge in [-0.15, -0.1) is 0 Å². The molecule has 16 heavy (non-hydrogen) atoms. The summed E-state index contributed by atoms with van der Waals surface area (Å²) in [5.74, 6) is 0.951. The fourth-order valence-electron chi connectivity index (χ4n) is 1.65. The summed E-state index contributed by atoms with van der Waals surface area (Å²) in [6.45, 7) is 2.99. The Balaban J connectivity index is 2.85.